The van der Waals surface area contributed by atoms with E-state index in [2.05, 4.69) is 63.8 Å². The zero-order valence-electron chi connectivity index (χ0n) is 21.3. The summed E-state index contributed by atoms with van der Waals surface area (Å²) in [7, 11) is 0. The Morgan fingerprint density at radius 3 is 1.57 bits per heavy atom. The highest BCUT2D eigenvalue weighted by atomic mass is 79.9. The molecule has 0 saturated heterocycles. The second kappa shape index (κ2) is 9.27. The van der Waals surface area contributed by atoms with Crippen molar-refractivity contribution in [2.45, 2.75) is 79.2 Å². The Hall–Kier alpha value is -1.22. The molecule has 0 saturated carbocycles. The largest absolute Gasteiger partial charge is 0.321 e. The van der Waals surface area contributed by atoms with Gasteiger partial charge >= 0.3 is 0 Å². The third kappa shape index (κ3) is 4.53. The number of para-hydroxylation sites is 1. The molecule has 9 heteroatoms. The summed E-state index contributed by atoms with van der Waals surface area (Å²) >= 11 is 6.93. The number of rotatable bonds is 5. The van der Waals surface area contributed by atoms with E-state index in [4.69, 9.17) is 0 Å². The Morgan fingerprint density at radius 1 is 0.771 bits per heavy atom. The van der Waals surface area contributed by atoms with Crippen LogP contribution in [0, 0.1) is 34.5 Å². The summed E-state index contributed by atoms with van der Waals surface area (Å²) in [6, 6.07) is 6.05. The molecule has 2 aromatic carbocycles. The second-order valence-corrected chi connectivity index (χ2v) is 15.3. The van der Waals surface area contributed by atoms with Gasteiger partial charge in [0.1, 0.15) is 11.6 Å². The van der Waals surface area contributed by atoms with E-state index in [-0.39, 0.29) is 11.8 Å². The van der Waals surface area contributed by atoms with Gasteiger partial charge in [-0.3, -0.25) is 0 Å². The van der Waals surface area contributed by atoms with Gasteiger partial charge in [0.05, 0.1) is 0 Å². The fourth-order valence-corrected chi connectivity index (χ4v) is 8.26. The van der Waals surface area contributed by atoms with Gasteiger partial charge in [-0.05, 0) is 11.8 Å². The average molecular weight is 623 g/mol. The van der Waals surface area contributed by atoms with E-state index in [0.29, 0.717) is 12.0 Å². The molecule has 0 spiro atoms. The maximum atomic E-state index is 15.1. The van der Waals surface area contributed by atoms with Crippen molar-refractivity contribution in [1.29, 1.82) is 0 Å². The Balaban J connectivity index is 2.57. The summed E-state index contributed by atoms with van der Waals surface area (Å²) in [4.78, 5) is 0. The highest BCUT2D eigenvalue weighted by Crippen LogP contribution is 2.50. The summed E-state index contributed by atoms with van der Waals surface area (Å²) in [6.45, 7) is 16.2. The van der Waals surface area contributed by atoms with Crippen LogP contribution in [0.3, 0.4) is 0 Å². The van der Waals surface area contributed by atoms with Gasteiger partial charge in [0.2, 0.25) is 9.48 Å². The van der Waals surface area contributed by atoms with Crippen molar-refractivity contribution >= 4 is 52.1 Å². The summed E-state index contributed by atoms with van der Waals surface area (Å²) < 4.78 is 72.1. The van der Waals surface area contributed by atoms with Gasteiger partial charge in [-0.2, -0.15) is 0 Å². The minimum absolute atomic E-state index is 0.131. The first-order valence-corrected chi connectivity index (χ1v) is 13.5. The average Bonchev–Trinajstić information content (AvgIpc) is 2.93. The molecule has 0 atom stereocenters. The highest BCUT2D eigenvalue weighted by Gasteiger charge is 2.57. The van der Waals surface area contributed by atoms with Gasteiger partial charge in [-0.25, -0.2) is 26.5 Å². The van der Waals surface area contributed by atoms with Gasteiger partial charge in [0.25, 0.3) is 0 Å². The molecule has 1 aliphatic heterocycles. The lowest BCUT2D eigenvalue weighted by molar-refractivity contribution is -0.515. The van der Waals surface area contributed by atoms with Crippen molar-refractivity contribution in [2.75, 3.05) is 0 Å². The van der Waals surface area contributed by atoms with E-state index < -0.39 is 49.3 Å². The van der Waals surface area contributed by atoms with E-state index in [1.807, 2.05) is 45.9 Å². The van der Waals surface area contributed by atoms with Gasteiger partial charge in [0.15, 0.2) is 23.0 Å². The summed E-state index contributed by atoms with van der Waals surface area (Å²) in [5.74, 6) is -9.52. The van der Waals surface area contributed by atoms with E-state index in [0.717, 1.165) is 16.8 Å². The molecular formula is C26H31BBr2F5N. The fraction of sp³-hybridized carbons (Fsp3) is 0.500. The van der Waals surface area contributed by atoms with Crippen LogP contribution >= 0.6 is 31.5 Å². The number of hydrogen-bond acceptors (Lipinski definition) is 0. The summed E-state index contributed by atoms with van der Waals surface area (Å²) in [5, 5.41) is 0. The van der Waals surface area contributed by atoms with Crippen molar-refractivity contribution in [3.05, 3.63) is 58.4 Å². The molecule has 0 radical (unpaired) electrons. The molecular weight excluding hydrogens is 592 g/mol. The minimum atomic E-state index is -2.76. The van der Waals surface area contributed by atoms with Crippen molar-refractivity contribution in [2.24, 2.45) is 5.41 Å². The Morgan fingerprint density at radius 2 is 1.17 bits per heavy atom. The molecule has 0 bridgehead atoms. The quantitative estimate of drug-likeness (QED) is 0.103. The van der Waals surface area contributed by atoms with Gasteiger partial charge < -0.3 is 31.5 Å². The van der Waals surface area contributed by atoms with E-state index in [9.17, 15) is 13.2 Å². The van der Waals surface area contributed by atoms with Crippen LogP contribution in [0.4, 0.5) is 27.6 Å². The summed E-state index contributed by atoms with van der Waals surface area (Å²) in [6.07, 6.45) is 0.593. The van der Waals surface area contributed by atoms with E-state index >= 15 is 8.78 Å². The van der Waals surface area contributed by atoms with Crippen LogP contribution in [-0.2, 0) is 0 Å². The first-order chi connectivity index (χ1) is 15.9. The molecule has 1 heterocycles. The third-order valence-electron chi connectivity index (χ3n) is 6.93. The van der Waals surface area contributed by atoms with E-state index in [1.54, 1.807) is 0 Å². The van der Waals surface area contributed by atoms with Crippen LogP contribution in [0.1, 0.15) is 84.8 Å². The van der Waals surface area contributed by atoms with Crippen LogP contribution in [0.25, 0.3) is 0 Å². The molecule has 0 amide bonds. The highest BCUT2D eigenvalue weighted by molar-refractivity contribution is 9.53. The molecule has 192 valence electrons. The molecule has 1 aliphatic rings. The SMILES string of the molecule is CC(C)c1cccc(C(C)C)c1[N+]1=C([B-](Br)(Br)c2c(F)c(F)c(F)c(F)c2F)C(C)(C)CC1(C)C. The Bertz CT molecular complexity index is 1160. The molecule has 2 aromatic rings. The van der Waals surface area contributed by atoms with Crippen molar-refractivity contribution in [1.82, 2.24) is 0 Å². The number of nitrogens with zero attached hydrogens (tertiary/aromatic N) is 1. The number of halogens is 7. The lowest BCUT2D eigenvalue weighted by atomic mass is 9.55. The number of benzene rings is 2. The maximum absolute atomic E-state index is 15.1. The fourth-order valence-electron chi connectivity index (χ4n) is 5.80. The molecule has 35 heavy (non-hydrogen) atoms. The maximum Gasteiger partial charge on any atom is 0.249 e. The van der Waals surface area contributed by atoms with Crippen LogP contribution in [0.15, 0.2) is 18.2 Å². The van der Waals surface area contributed by atoms with Gasteiger partial charge in [-0.1, -0.05) is 65.2 Å². The first kappa shape index (κ1) is 28.4. The molecule has 0 N–H and O–H groups in total. The normalized spacial score (nSPS) is 17.7. The van der Waals surface area contributed by atoms with Crippen molar-refractivity contribution < 1.29 is 26.5 Å². The molecule has 0 unspecified atom stereocenters. The monoisotopic (exact) mass is 621 g/mol. The molecule has 3 rings (SSSR count). The molecule has 0 fully saturated rings. The van der Waals surface area contributed by atoms with Crippen LogP contribution in [-0.4, -0.2) is 19.5 Å². The van der Waals surface area contributed by atoms with Gasteiger partial charge in [-0.15, -0.1) is 0 Å². The van der Waals surface area contributed by atoms with Crippen LogP contribution in [0.5, 0.6) is 0 Å². The minimum Gasteiger partial charge on any atom is -0.321 e. The predicted molar refractivity (Wildman–Crippen MR) is 141 cm³/mol. The first-order valence-electron chi connectivity index (χ1n) is 11.7. The lowest BCUT2D eigenvalue weighted by Crippen LogP contribution is -2.55. The molecule has 1 nitrogen and oxygen atoms in total. The summed E-state index contributed by atoms with van der Waals surface area (Å²) in [5.41, 5.74) is 1.45. The van der Waals surface area contributed by atoms with Crippen molar-refractivity contribution in [3.8, 4) is 0 Å². The second-order valence-electron chi connectivity index (χ2n) is 11.3. The van der Waals surface area contributed by atoms with E-state index in [1.165, 1.54) is 0 Å². The predicted octanol–water partition coefficient (Wildman–Crippen LogP) is 8.60. The standard InChI is InChI=1S/C26H31BBr2F5N/c1-13(2)15-10-9-11-16(14(3)4)23(15)35-24(25(5,6)12-26(35,7)8)27(28,29)17-18(30)20(32)22(34)21(33)19(17)31/h9-11,13-14H,12H2,1-8H3. The van der Waals surface area contributed by atoms with Crippen LogP contribution in [0.2, 0.25) is 0 Å². The van der Waals surface area contributed by atoms with Crippen LogP contribution < -0.4 is 5.46 Å². The smallest absolute Gasteiger partial charge is 0.249 e. The topological polar surface area (TPSA) is 3.01 Å². The van der Waals surface area contributed by atoms with Crippen molar-refractivity contribution in [3.63, 3.8) is 0 Å². The molecule has 0 aromatic heterocycles. The van der Waals surface area contributed by atoms with Gasteiger partial charge in [0, 0.05) is 42.4 Å². The Labute approximate surface area is 221 Å². The lowest BCUT2D eigenvalue weighted by Gasteiger charge is -2.35. The third-order valence-corrected chi connectivity index (χ3v) is 8.71. The zero-order valence-corrected chi connectivity index (χ0v) is 24.4. The zero-order chi connectivity index (χ0) is 26.8. The Kier molecular flexibility index (Phi) is 7.51. The molecule has 0 aliphatic carbocycles. The number of hydrogen-bond donors (Lipinski definition) is 0.